The van der Waals surface area contributed by atoms with E-state index < -0.39 is 84.1 Å². The summed E-state index contributed by atoms with van der Waals surface area (Å²) in [5.41, 5.74) is 4.71. The van der Waals surface area contributed by atoms with Gasteiger partial charge in [-0.3, -0.25) is 9.59 Å². The number of methoxy groups -OCH3 is 2. The minimum absolute atomic E-state index is 0.0326. The molecule has 6 rings (SSSR count). The van der Waals surface area contributed by atoms with Gasteiger partial charge < -0.3 is 54.4 Å². The normalized spacial score (nSPS) is 39.4. The third-order valence-corrected chi connectivity index (χ3v) is 17.0. The van der Waals surface area contributed by atoms with E-state index in [1.54, 1.807) is 27.0 Å². The number of H-pyrrole nitrogens is 1. The smallest absolute Gasteiger partial charge is 0.329 e. The largest absolute Gasteiger partial charge is 0.460 e. The van der Waals surface area contributed by atoms with E-state index in [1.807, 2.05) is 51.3 Å². The molecule has 406 valence electrons. The number of fused-ring (bicyclic) bond motifs is 4. The molecule has 2 saturated heterocycles. The van der Waals surface area contributed by atoms with Crippen LogP contribution in [0.2, 0.25) is 0 Å². The Bertz CT molecular complexity index is 2290. The minimum atomic E-state index is -2.44. The Hall–Kier alpha value is -3.99. The van der Waals surface area contributed by atoms with Crippen LogP contribution in [-0.4, -0.2) is 135 Å². The Balaban J connectivity index is 1.35. The molecule has 0 radical (unpaired) electrons. The highest BCUT2D eigenvalue weighted by molar-refractivity contribution is 6.39. The van der Waals surface area contributed by atoms with Crippen LogP contribution in [0.5, 0.6) is 0 Å². The Morgan fingerprint density at radius 3 is 2.33 bits per heavy atom. The average molecular weight is 1020 g/mol. The highest BCUT2D eigenvalue weighted by Crippen LogP contribution is 2.42. The first-order valence-corrected chi connectivity index (χ1v) is 27.2. The van der Waals surface area contributed by atoms with Crippen molar-refractivity contribution in [1.82, 2.24) is 9.88 Å². The minimum Gasteiger partial charge on any atom is -0.460 e. The van der Waals surface area contributed by atoms with Gasteiger partial charge >= 0.3 is 5.97 Å². The average Bonchev–Trinajstić information content (AvgIpc) is 3.81. The number of carbonyl (C=O) groups excluding carboxylic acids is 3. The van der Waals surface area contributed by atoms with Gasteiger partial charge in [0.2, 0.25) is 5.79 Å². The van der Waals surface area contributed by atoms with Gasteiger partial charge in [-0.05, 0) is 132 Å². The number of esters is 1. The van der Waals surface area contributed by atoms with Crippen LogP contribution >= 0.6 is 0 Å². The molecule has 4 heterocycles. The molecule has 2 bridgehead atoms. The Labute approximate surface area is 434 Å². The molecule has 0 spiro atoms. The zero-order valence-corrected chi connectivity index (χ0v) is 45.2. The van der Waals surface area contributed by atoms with Crippen molar-refractivity contribution >= 4 is 28.6 Å². The van der Waals surface area contributed by atoms with Crippen LogP contribution < -0.4 is 0 Å². The number of rotatable bonds is 6. The number of aromatic nitrogens is 1. The molecule has 1 aliphatic carbocycles. The maximum absolute atomic E-state index is 14.6. The van der Waals surface area contributed by atoms with E-state index in [0.29, 0.717) is 63.4 Å². The molecular formula is C59H88N2O12. The maximum Gasteiger partial charge on any atom is 0.329 e. The zero-order valence-electron chi connectivity index (χ0n) is 45.2. The molecule has 2 aromatic rings. The molecule has 1 aromatic heterocycles. The number of aryl methyl sites for hydroxylation is 1. The number of piperidine rings is 1. The van der Waals surface area contributed by atoms with E-state index in [1.165, 1.54) is 12.0 Å². The number of cyclic esters (lactones) is 1. The van der Waals surface area contributed by atoms with Crippen LogP contribution in [0, 0.1) is 42.4 Å². The van der Waals surface area contributed by atoms with Gasteiger partial charge in [-0.2, -0.15) is 0 Å². The molecule has 14 nitrogen and oxygen atoms in total. The van der Waals surface area contributed by atoms with E-state index in [-0.39, 0.29) is 55.1 Å². The second-order valence-electron chi connectivity index (χ2n) is 22.6. The molecule has 14 heteroatoms. The number of para-hydroxylation sites is 1. The van der Waals surface area contributed by atoms with Crippen molar-refractivity contribution in [2.45, 2.75) is 199 Å². The Morgan fingerprint density at radius 1 is 0.849 bits per heavy atom. The molecule has 5 unspecified atom stereocenters. The van der Waals surface area contributed by atoms with Crippen molar-refractivity contribution in [3.8, 4) is 0 Å². The lowest BCUT2D eigenvalue weighted by atomic mass is 9.78. The lowest BCUT2D eigenvalue weighted by Gasteiger charge is -2.43. The summed E-state index contributed by atoms with van der Waals surface area (Å²) in [7, 11) is 3.05. The lowest BCUT2D eigenvalue weighted by Crippen LogP contribution is -2.60. The molecule has 4 aliphatic rings. The molecular weight excluding hydrogens is 929 g/mol. The first-order chi connectivity index (χ1) is 34.7. The Morgan fingerprint density at radius 2 is 1.60 bits per heavy atom. The summed E-state index contributed by atoms with van der Waals surface area (Å²) in [5.74, 6) is -6.94. The summed E-state index contributed by atoms with van der Waals surface area (Å²) in [5, 5.41) is 59.1. The molecule has 3 aliphatic heterocycles. The fourth-order valence-electron chi connectivity index (χ4n) is 12.2. The van der Waals surface area contributed by atoms with E-state index in [4.69, 9.17) is 18.9 Å². The number of hydrogen-bond donors (Lipinski definition) is 6. The number of aromatic amines is 1. The summed E-state index contributed by atoms with van der Waals surface area (Å²) in [6.07, 6.45) is 13.4. The lowest BCUT2D eigenvalue weighted by molar-refractivity contribution is -0.264. The van der Waals surface area contributed by atoms with Crippen LogP contribution in [-0.2, 0) is 33.3 Å². The first-order valence-electron chi connectivity index (χ1n) is 27.2. The third kappa shape index (κ3) is 14.1. The van der Waals surface area contributed by atoms with Crippen molar-refractivity contribution in [2.24, 2.45) is 35.5 Å². The predicted octanol–water partition coefficient (Wildman–Crippen LogP) is 8.32. The summed E-state index contributed by atoms with van der Waals surface area (Å²) in [4.78, 5) is 48.5. The van der Waals surface area contributed by atoms with Crippen LogP contribution in [0.15, 0.2) is 72.0 Å². The molecule has 6 N–H and O–H groups in total. The summed E-state index contributed by atoms with van der Waals surface area (Å²) in [6, 6.07) is 5.06. The fourth-order valence-corrected chi connectivity index (χ4v) is 12.2. The second-order valence-corrected chi connectivity index (χ2v) is 22.6. The quantitative estimate of drug-likeness (QED) is 0.0918. The van der Waals surface area contributed by atoms with Gasteiger partial charge in [-0.15, -0.1) is 0 Å². The van der Waals surface area contributed by atoms with Crippen molar-refractivity contribution in [1.29, 1.82) is 0 Å². The molecule has 1 saturated carbocycles. The van der Waals surface area contributed by atoms with Crippen LogP contribution in [0.3, 0.4) is 0 Å². The van der Waals surface area contributed by atoms with Gasteiger partial charge in [0.05, 0.1) is 30.5 Å². The summed E-state index contributed by atoms with van der Waals surface area (Å²) < 4.78 is 24.2. The van der Waals surface area contributed by atoms with E-state index in [9.17, 15) is 39.9 Å². The number of ether oxygens (including phenoxy) is 4. The van der Waals surface area contributed by atoms with Gasteiger partial charge in [0.1, 0.15) is 24.4 Å². The summed E-state index contributed by atoms with van der Waals surface area (Å²) >= 11 is 0. The number of ketones is 1. The highest BCUT2D eigenvalue weighted by Gasteiger charge is 2.53. The number of nitrogens with zero attached hydrogens (tertiary/aromatic N) is 1. The first kappa shape index (κ1) is 58.3. The Kier molecular flexibility index (Phi) is 20.9. The predicted molar refractivity (Wildman–Crippen MR) is 282 cm³/mol. The van der Waals surface area contributed by atoms with Gasteiger partial charge in [0, 0.05) is 62.0 Å². The molecule has 3 fully saturated rings. The van der Waals surface area contributed by atoms with Gasteiger partial charge in [0.25, 0.3) is 11.7 Å². The number of aliphatic hydroxyl groups is 5. The van der Waals surface area contributed by atoms with Crippen molar-refractivity contribution in [2.75, 3.05) is 20.8 Å². The van der Waals surface area contributed by atoms with Crippen molar-refractivity contribution in [3.63, 3.8) is 0 Å². The van der Waals surface area contributed by atoms with Crippen LogP contribution in [0.4, 0.5) is 0 Å². The number of hydrogen-bond acceptors (Lipinski definition) is 12. The number of benzene rings is 1. The molecule has 73 heavy (non-hydrogen) atoms. The summed E-state index contributed by atoms with van der Waals surface area (Å²) in [6.45, 7) is 15.5. The molecule has 17 atom stereocenters. The number of Topliss-reactive ketones (excluding diaryl/α,β-unsaturated/α-hetero) is 1. The number of allylic oxidation sites excluding steroid dienone is 6. The number of aliphatic hydroxyl groups excluding tert-OH is 4. The van der Waals surface area contributed by atoms with Gasteiger partial charge in [0.15, 0.2) is 0 Å². The topological polar surface area (TPSA) is 208 Å². The molecule has 1 amide bonds. The zero-order chi connectivity index (χ0) is 53.3. The van der Waals surface area contributed by atoms with E-state index in [0.717, 1.165) is 34.0 Å². The number of amides is 1. The standard InChI is InChI=1S/C59H88N2O12/c1-34-17-12-11-13-18-35(2)45(46-33-60-52-36(3)19-16-20-44(46)52)31-43-24-22-41(8)59(69,73-43)56(66)57(67)61-26-15-14-21-47(61)58(68)72-50(38(5)29-42-23-25-48(62)51(30-42)70-9)32-49(63)37(4)28-40(7)54(65)55(71-10)53(64)39(6)27-34/h11-13,16-20,28,33-34,37-39,41-43,45,47-51,53-55,60,62-65,69H,14-15,21-27,29-32H2,1-10H3/b13-11+,17-12+,35-18+,40-28+/t34-,37-,38?,39-,41-,42?,43+,45?,47+,48?,49+,50+,51-,53+,54-,55?,59-/m1/s1. The van der Waals surface area contributed by atoms with Gasteiger partial charge in [-0.1, -0.05) is 94.8 Å². The van der Waals surface area contributed by atoms with Gasteiger partial charge in [-0.25, -0.2) is 4.79 Å². The fraction of sp³-hybridized carbons (Fsp3) is 0.678. The monoisotopic (exact) mass is 1020 g/mol. The van der Waals surface area contributed by atoms with E-state index in [2.05, 4.69) is 50.0 Å². The molecule has 1 aromatic carbocycles. The van der Waals surface area contributed by atoms with Crippen LogP contribution in [0.1, 0.15) is 143 Å². The second kappa shape index (κ2) is 26.2. The SMILES string of the molecule is COC1[C@H](O)/C(C)=C/[C@@H](C)[C@@H](O)C[C@@H](C(C)CC2CCC(O)[C@H](OC)C2)OC(=O)[C@@H]2CCCCN2C(=O)C(=O)[C@]2(O)O[C@@H](CC[C@H]2C)CC(c2c[nH]c3c(C)cccc23)/C(C)=C/C=C/C=C/[C@@H](C)C[C@@H](C)[C@@H]1O. The number of carbonyl (C=O) groups is 3. The maximum atomic E-state index is 14.6. The highest BCUT2D eigenvalue weighted by atomic mass is 16.6. The van der Waals surface area contributed by atoms with E-state index >= 15 is 0 Å². The van der Waals surface area contributed by atoms with Crippen LogP contribution in [0.25, 0.3) is 10.9 Å². The van der Waals surface area contributed by atoms with Crippen molar-refractivity contribution in [3.05, 3.63) is 83.1 Å². The van der Waals surface area contributed by atoms with Crippen molar-refractivity contribution < 1.29 is 58.9 Å². The third-order valence-electron chi connectivity index (χ3n) is 17.0. The number of nitrogens with one attached hydrogen (secondary N) is 1.